The van der Waals surface area contributed by atoms with Crippen LogP contribution >= 0.6 is 0 Å². The first-order valence-corrected chi connectivity index (χ1v) is 7.61. The Bertz CT molecular complexity index is 845. The molecule has 0 saturated heterocycles. The second kappa shape index (κ2) is 5.01. The van der Waals surface area contributed by atoms with E-state index in [1.807, 2.05) is 0 Å². The van der Waals surface area contributed by atoms with Gasteiger partial charge in [0, 0.05) is 13.1 Å². The van der Waals surface area contributed by atoms with Gasteiger partial charge in [0.1, 0.15) is 0 Å². The number of likely N-dealkylation sites (N-methyl/N-ethyl adjacent to an activating group) is 1. The Hall–Kier alpha value is -2.12. The van der Waals surface area contributed by atoms with Crippen molar-refractivity contribution < 1.29 is 0 Å². The molecule has 0 radical (unpaired) electrons. The van der Waals surface area contributed by atoms with Crippen molar-refractivity contribution in [3.05, 3.63) is 66.2 Å². The molecule has 1 nitrogen and oxygen atoms in total. The minimum atomic E-state index is 1.05. The van der Waals surface area contributed by atoms with Crippen LogP contribution in [0.25, 0.3) is 27.1 Å². The van der Waals surface area contributed by atoms with Crippen LogP contribution in [0.4, 0.5) is 0 Å². The molecule has 1 aliphatic heterocycles. The number of rotatable bonds is 1. The molecule has 1 heterocycles. The first-order chi connectivity index (χ1) is 10.3. The third-order valence-electron chi connectivity index (χ3n) is 4.53. The molecule has 0 aromatic heterocycles. The predicted molar refractivity (Wildman–Crippen MR) is 91.5 cm³/mol. The van der Waals surface area contributed by atoms with Crippen molar-refractivity contribution >= 4 is 27.1 Å². The zero-order valence-electron chi connectivity index (χ0n) is 12.3. The molecule has 3 aromatic carbocycles. The minimum absolute atomic E-state index is 1.05. The van der Waals surface area contributed by atoms with Crippen molar-refractivity contribution in [2.24, 2.45) is 0 Å². The van der Waals surface area contributed by atoms with Gasteiger partial charge in [-0.2, -0.15) is 0 Å². The van der Waals surface area contributed by atoms with E-state index in [0.29, 0.717) is 0 Å². The van der Waals surface area contributed by atoms with Gasteiger partial charge in [0.25, 0.3) is 0 Å². The van der Waals surface area contributed by atoms with E-state index in [1.54, 1.807) is 0 Å². The van der Waals surface area contributed by atoms with Gasteiger partial charge in [-0.05, 0) is 52.2 Å². The summed E-state index contributed by atoms with van der Waals surface area (Å²) in [7, 11) is 2.19. The van der Waals surface area contributed by atoms with E-state index in [2.05, 4.69) is 72.6 Å². The molecular weight excluding hydrogens is 254 g/mol. The number of benzene rings is 3. The Morgan fingerprint density at radius 3 is 2.33 bits per heavy atom. The molecule has 0 spiro atoms. The molecule has 0 fully saturated rings. The van der Waals surface area contributed by atoms with Gasteiger partial charge in [0.05, 0.1) is 0 Å². The fourth-order valence-corrected chi connectivity index (χ4v) is 3.34. The maximum atomic E-state index is 2.39. The summed E-state index contributed by atoms with van der Waals surface area (Å²) < 4.78 is 0. The quantitative estimate of drug-likeness (QED) is 0.580. The summed E-state index contributed by atoms with van der Waals surface area (Å²) >= 11 is 0. The summed E-state index contributed by atoms with van der Waals surface area (Å²) in [5.41, 5.74) is 2.91. The molecule has 0 aliphatic carbocycles. The molecule has 3 aromatic rings. The van der Waals surface area contributed by atoms with Gasteiger partial charge in [0.15, 0.2) is 0 Å². The third-order valence-corrected chi connectivity index (χ3v) is 4.53. The van der Waals surface area contributed by atoms with Gasteiger partial charge in [-0.25, -0.2) is 0 Å². The summed E-state index contributed by atoms with van der Waals surface area (Å²) in [6.07, 6.45) is 3.53. The molecule has 0 atom stereocenters. The number of hydrogen-bond acceptors (Lipinski definition) is 1. The Labute approximate surface area is 125 Å². The molecule has 1 aliphatic rings. The predicted octanol–water partition coefficient (Wildman–Crippen LogP) is 4.71. The first kappa shape index (κ1) is 12.6. The lowest BCUT2D eigenvalue weighted by molar-refractivity contribution is 0.370. The van der Waals surface area contributed by atoms with Crippen LogP contribution in [0.2, 0.25) is 0 Å². The molecular formula is C20H19N. The van der Waals surface area contributed by atoms with Gasteiger partial charge in [-0.15, -0.1) is 0 Å². The van der Waals surface area contributed by atoms with Crippen molar-refractivity contribution in [2.75, 3.05) is 20.1 Å². The fraction of sp³-hybridized carbons (Fsp3) is 0.200. The van der Waals surface area contributed by atoms with Crippen LogP contribution in [0.15, 0.2) is 60.7 Å². The standard InChI is InChI=1S/C20H19N/c1-21-12-10-15(11-13-21)20-14-16-6-2-3-7-17(16)18-8-4-5-9-19(18)20/h2-10,14H,11-13H2,1H3. The van der Waals surface area contributed by atoms with Crippen LogP contribution in [0.3, 0.4) is 0 Å². The average molecular weight is 273 g/mol. The fourth-order valence-electron chi connectivity index (χ4n) is 3.34. The van der Waals surface area contributed by atoms with Crippen molar-refractivity contribution in [2.45, 2.75) is 6.42 Å². The summed E-state index contributed by atoms with van der Waals surface area (Å²) in [6.45, 7) is 2.20. The highest BCUT2D eigenvalue weighted by Crippen LogP contribution is 2.34. The third kappa shape index (κ3) is 2.14. The van der Waals surface area contributed by atoms with Gasteiger partial charge < -0.3 is 4.90 Å². The van der Waals surface area contributed by atoms with Crippen LogP contribution in [0, 0.1) is 0 Å². The molecule has 0 N–H and O–H groups in total. The highest BCUT2D eigenvalue weighted by atomic mass is 15.1. The van der Waals surface area contributed by atoms with Gasteiger partial charge in [-0.1, -0.05) is 54.6 Å². The first-order valence-electron chi connectivity index (χ1n) is 7.61. The SMILES string of the molecule is CN1CC=C(c2cc3ccccc3c3ccccc23)CC1. The van der Waals surface area contributed by atoms with E-state index in [4.69, 9.17) is 0 Å². The molecule has 0 bridgehead atoms. The highest BCUT2D eigenvalue weighted by molar-refractivity contribution is 6.11. The van der Waals surface area contributed by atoms with Gasteiger partial charge in [0.2, 0.25) is 0 Å². The summed E-state index contributed by atoms with van der Waals surface area (Å²) in [4.78, 5) is 2.37. The zero-order chi connectivity index (χ0) is 14.2. The number of fused-ring (bicyclic) bond motifs is 3. The lowest BCUT2D eigenvalue weighted by Gasteiger charge is -2.23. The van der Waals surface area contributed by atoms with Crippen LogP contribution in [0.1, 0.15) is 12.0 Å². The van der Waals surface area contributed by atoms with Crippen molar-refractivity contribution in [1.29, 1.82) is 0 Å². The largest absolute Gasteiger partial charge is 0.302 e. The van der Waals surface area contributed by atoms with E-state index < -0.39 is 0 Å². The van der Waals surface area contributed by atoms with Gasteiger partial charge >= 0.3 is 0 Å². The second-order valence-corrected chi connectivity index (χ2v) is 5.93. The monoisotopic (exact) mass is 273 g/mol. The molecule has 1 heteroatoms. The van der Waals surface area contributed by atoms with Crippen LogP contribution in [0.5, 0.6) is 0 Å². The Balaban J connectivity index is 2.03. The minimum Gasteiger partial charge on any atom is -0.302 e. The van der Waals surface area contributed by atoms with E-state index in [1.165, 1.54) is 32.7 Å². The number of nitrogens with zero attached hydrogens (tertiary/aromatic N) is 1. The molecule has 0 amide bonds. The lowest BCUT2D eigenvalue weighted by atomic mass is 9.91. The van der Waals surface area contributed by atoms with Crippen molar-refractivity contribution in [3.63, 3.8) is 0 Å². The lowest BCUT2D eigenvalue weighted by Crippen LogP contribution is -2.23. The molecule has 4 rings (SSSR count). The smallest absolute Gasteiger partial charge is 0.0166 e. The maximum Gasteiger partial charge on any atom is 0.0166 e. The van der Waals surface area contributed by atoms with Crippen molar-refractivity contribution in [3.8, 4) is 0 Å². The van der Waals surface area contributed by atoms with Crippen LogP contribution in [-0.4, -0.2) is 25.0 Å². The van der Waals surface area contributed by atoms with E-state index in [9.17, 15) is 0 Å². The van der Waals surface area contributed by atoms with E-state index in [0.717, 1.165) is 19.5 Å². The topological polar surface area (TPSA) is 3.24 Å². The van der Waals surface area contributed by atoms with Crippen LogP contribution in [-0.2, 0) is 0 Å². The summed E-state index contributed by atoms with van der Waals surface area (Å²) in [5.74, 6) is 0. The molecule has 104 valence electrons. The van der Waals surface area contributed by atoms with E-state index in [-0.39, 0.29) is 0 Å². The Morgan fingerprint density at radius 1 is 0.857 bits per heavy atom. The molecule has 0 unspecified atom stereocenters. The van der Waals surface area contributed by atoms with Crippen LogP contribution < -0.4 is 0 Å². The normalized spacial score (nSPS) is 16.3. The zero-order valence-corrected chi connectivity index (χ0v) is 12.3. The Morgan fingerprint density at radius 2 is 1.57 bits per heavy atom. The van der Waals surface area contributed by atoms with Gasteiger partial charge in [-0.3, -0.25) is 0 Å². The molecule has 0 saturated carbocycles. The summed E-state index contributed by atoms with van der Waals surface area (Å²) in [6, 6.07) is 19.9. The van der Waals surface area contributed by atoms with Crippen molar-refractivity contribution in [1.82, 2.24) is 4.90 Å². The van der Waals surface area contributed by atoms with E-state index >= 15 is 0 Å². The maximum absolute atomic E-state index is 2.39. The second-order valence-electron chi connectivity index (χ2n) is 5.93. The highest BCUT2D eigenvalue weighted by Gasteiger charge is 2.13. The number of hydrogen-bond donors (Lipinski definition) is 0. The summed E-state index contributed by atoms with van der Waals surface area (Å²) in [5, 5.41) is 5.44. The molecule has 21 heavy (non-hydrogen) atoms. The Kier molecular flexibility index (Phi) is 3.01. The average Bonchev–Trinajstić information content (AvgIpc) is 2.55.